The topological polar surface area (TPSA) is 66.4 Å². The van der Waals surface area contributed by atoms with Crippen LogP contribution in [0.1, 0.15) is 38.5 Å². The zero-order chi connectivity index (χ0) is 10.4. The van der Waals surface area contributed by atoms with E-state index >= 15 is 0 Å². The van der Waals surface area contributed by atoms with Gasteiger partial charge >= 0.3 is 0 Å². The first-order valence-electron chi connectivity index (χ1n) is 5.14. The molecule has 0 aliphatic heterocycles. The van der Waals surface area contributed by atoms with E-state index in [1.165, 1.54) is 25.7 Å². The van der Waals surface area contributed by atoms with Gasteiger partial charge in [-0.15, -0.1) is 0 Å². The summed E-state index contributed by atoms with van der Waals surface area (Å²) in [7, 11) is 0. The maximum atomic E-state index is 10.8. The van der Waals surface area contributed by atoms with Gasteiger partial charge in [0.2, 0.25) is 5.91 Å². The molecule has 1 atom stereocenters. The number of hydrogen-bond donors (Lipinski definition) is 2. The van der Waals surface area contributed by atoms with Gasteiger partial charge in [0, 0.05) is 12.3 Å². The van der Waals surface area contributed by atoms with Crippen LogP contribution >= 0.6 is 0 Å². The molecule has 0 aromatic rings. The fourth-order valence-electron chi connectivity index (χ4n) is 2.14. The van der Waals surface area contributed by atoms with E-state index in [2.05, 4.69) is 0 Å². The molecule has 14 heavy (non-hydrogen) atoms. The van der Waals surface area contributed by atoms with Crippen molar-refractivity contribution in [3.63, 3.8) is 0 Å². The fourth-order valence-corrected chi connectivity index (χ4v) is 2.14. The smallest absolute Gasteiger partial charge is 0.244 e. The fraction of sp³-hybridized carbons (Fsp3) is 0.800. The molecule has 1 aliphatic rings. The summed E-state index contributed by atoms with van der Waals surface area (Å²) in [6.07, 6.45) is 6.54. The van der Waals surface area contributed by atoms with Crippen molar-refractivity contribution in [2.24, 2.45) is 11.8 Å². The molecule has 1 fully saturated rings. The summed E-state index contributed by atoms with van der Waals surface area (Å²) in [4.78, 5) is 21.5. The number of amides is 1. The third-order valence-electron chi connectivity index (χ3n) is 2.88. The molecule has 1 aliphatic carbocycles. The van der Waals surface area contributed by atoms with Crippen LogP contribution < -0.4 is 5.48 Å². The molecule has 0 bridgehead atoms. The number of nitrogens with one attached hydrogen (secondary N) is 1. The summed E-state index contributed by atoms with van der Waals surface area (Å²) < 4.78 is 0. The first kappa shape index (κ1) is 11.2. The molecule has 0 radical (unpaired) electrons. The van der Waals surface area contributed by atoms with Gasteiger partial charge in [-0.2, -0.15) is 0 Å². The average molecular weight is 199 g/mol. The van der Waals surface area contributed by atoms with Crippen molar-refractivity contribution in [2.75, 3.05) is 0 Å². The highest BCUT2D eigenvalue weighted by molar-refractivity contribution is 5.77. The highest BCUT2D eigenvalue weighted by Gasteiger charge is 2.21. The van der Waals surface area contributed by atoms with Crippen LogP contribution in [0.4, 0.5) is 0 Å². The van der Waals surface area contributed by atoms with Gasteiger partial charge in [0.15, 0.2) is 0 Å². The number of hydrogen-bond acceptors (Lipinski definition) is 3. The van der Waals surface area contributed by atoms with Crippen molar-refractivity contribution in [1.82, 2.24) is 5.48 Å². The maximum absolute atomic E-state index is 10.8. The molecule has 4 heteroatoms. The number of aldehydes is 1. The molecule has 4 nitrogen and oxygen atoms in total. The Bertz CT molecular complexity index is 200. The summed E-state index contributed by atoms with van der Waals surface area (Å²) in [5.41, 5.74) is 1.56. The van der Waals surface area contributed by atoms with Gasteiger partial charge < -0.3 is 4.79 Å². The van der Waals surface area contributed by atoms with Gasteiger partial charge in [0.05, 0.1) is 0 Å². The van der Waals surface area contributed by atoms with Crippen molar-refractivity contribution in [3.8, 4) is 0 Å². The summed E-state index contributed by atoms with van der Waals surface area (Å²) in [5, 5.41) is 8.32. The Morgan fingerprint density at radius 2 is 2.14 bits per heavy atom. The normalized spacial score (nSPS) is 19.2. The molecular formula is C10H17NO3. The highest BCUT2D eigenvalue weighted by Crippen LogP contribution is 2.30. The van der Waals surface area contributed by atoms with Crippen LogP contribution in [0.25, 0.3) is 0 Å². The van der Waals surface area contributed by atoms with Crippen LogP contribution in [0.2, 0.25) is 0 Å². The Hall–Kier alpha value is -0.900. The van der Waals surface area contributed by atoms with Crippen molar-refractivity contribution in [3.05, 3.63) is 0 Å². The van der Waals surface area contributed by atoms with E-state index in [1.807, 2.05) is 0 Å². The molecule has 80 valence electrons. The van der Waals surface area contributed by atoms with Gasteiger partial charge in [0.1, 0.15) is 6.29 Å². The molecule has 0 aromatic carbocycles. The lowest BCUT2D eigenvalue weighted by Gasteiger charge is -2.13. The minimum atomic E-state index is -0.472. The van der Waals surface area contributed by atoms with Crippen LogP contribution in [-0.4, -0.2) is 17.4 Å². The Morgan fingerprint density at radius 1 is 1.50 bits per heavy atom. The number of carbonyl (C=O) groups excluding carboxylic acids is 2. The monoisotopic (exact) mass is 199 g/mol. The van der Waals surface area contributed by atoms with Crippen LogP contribution in [0.5, 0.6) is 0 Å². The second-order valence-corrected chi connectivity index (χ2v) is 4.02. The maximum Gasteiger partial charge on any atom is 0.244 e. The molecular weight excluding hydrogens is 182 g/mol. The van der Waals surface area contributed by atoms with Gasteiger partial charge in [0.25, 0.3) is 0 Å². The van der Waals surface area contributed by atoms with Gasteiger partial charge in [-0.3, -0.25) is 10.0 Å². The van der Waals surface area contributed by atoms with Crippen LogP contribution in [-0.2, 0) is 9.59 Å². The zero-order valence-corrected chi connectivity index (χ0v) is 8.24. The highest BCUT2D eigenvalue weighted by atomic mass is 16.5. The molecule has 0 aromatic heterocycles. The van der Waals surface area contributed by atoms with Gasteiger partial charge in [-0.05, 0) is 12.3 Å². The Labute approximate surface area is 83.6 Å². The first-order valence-corrected chi connectivity index (χ1v) is 5.14. The Morgan fingerprint density at radius 3 is 2.64 bits per heavy atom. The predicted molar refractivity (Wildman–Crippen MR) is 50.7 cm³/mol. The summed E-state index contributed by atoms with van der Waals surface area (Å²) in [6.45, 7) is 0. The van der Waals surface area contributed by atoms with E-state index in [4.69, 9.17) is 5.21 Å². The van der Waals surface area contributed by atoms with Crippen LogP contribution in [0.3, 0.4) is 0 Å². The minimum Gasteiger partial charge on any atom is -0.303 e. The van der Waals surface area contributed by atoms with E-state index in [-0.39, 0.29) is 12.3 Å². The lowest BCUT2D eigenvalue weighted by atomic mass is 9.92. The second-order valence-electron chi connectivity index (χ2n) is 4.02. The minimum absolute atomic E-state index is 0.108. The third kappa shape index (κ3) is 3.46. The summed E-state index contributed by atoms with van der Waals surface area (Å²) in [6, 6.07) is 0. The molecule has 2 N–H and O–H groups in total. The summed E-state index contributed by atoms with van der Waals surface area (Å²) in [5.74, 6) is -0.109. The number of hydroxylamine groups is 1. The van der Waals surface area contributed by atoms with Crippen LogP contribution in [0, 0.1) is 11.8 Å². The molecule has 1 amide bonds. The lowest BCUT2D eigenvalue weighted by Crippen LogP contribution is -2.23. The number of rotatable bonds is 5. The zero-order valence-electron chi connectivity index (χ0n) is 8.24. The van der Waals surface area contributed by atoms with Gasteiger partial charge in [-0.25, -0.2) is 5.48 Å². The third-order valence-corrected chi connectivity index (χ3v) is 2.88. The molecule has 1 saturated carbocycles. The predicted octanol–water partition coefficient (Wildman–Crippen LogP) is 1.28. The number of carbonyl (C=O) groups is 2. The molecule has 0 saturated heterocycles. The lowest BCUT2D eigenvalue weighted by molar-refractivity contribution is -0.131. The molecule has 0 heterocycles. The van der Waals surface area contributed by atoms with Crippen molar-refractivity contribution >= 4 is 12.2 Å². The summed E-state index contributed by atoms with van der Waals surface area (Å²) >= 11 is 0. The van der Waals surface area contributed by atoms with Gasteiger partial charge in [-0.1, -0.05) is 25.7 Å². The Balaban J connectivity index is 2.30. The molecule has 1 unspecified atom stereocenters. The Kier molecular flexibility index (Phi) is 4.59. The second kappa shape index (κ2) is 5.75. The van der Waals surface area contributed by atoms with E-state index in [1.54, 1.807) is 5.48 Å². The van der Waals surface area contributed by atoms with E-state index in [0.29, 0.717) is 5.92 Å². The van der Waals surface area contributed by atoms with E-state index < -0.39 is 5.91 Å². The van der Waals surface area contributed by atoms with Crippen molar-refractivity contribution < 1.29 is 14.8 Å². The largest absolute Gasteiger partial charge is 0.303 e. The van der Waals surface area contributed by atoms with Crippen molar-refractivity contribution in [1.29, 1.82) is 0 Å². The standard InChI is InChI=1S/C10H17NO3/c12-7-9(6-10(13)11-14)5-8-3-1-2-4-8/h7-9,14H,1-6H2,(H,11,13). The van der Waals surface area contributed by atoms with E-state index in [9.17, 15) is 9.59 Å². The molecule has 0 spiro atoms. The quantitative estimate of drug-likeness (QED) is 0.398. The SMILES string of the molecule is O=CC(CC(=O)NO)CC1CCCC1. The van der Waals surface area contributed by atoms with Crippen molar-refractivity contribution in [2.45, 2.75) is 38.5 Å². The molecule has 1 rings (SSSR count). The van der Waals surface area contributed by atoms with Crippen LogP contribution in [0.15, 0.2) is 0 Å². The average Bonchev–Trinajstić information content (AvgIpc) is 2.69. The van der Waals surface area contributed by atoms with E-state index in [0.717, 1.165) is 12.7 Å². The first-order chi connectivity index (χ1) is 6.76.